The van der Waals surface area contributed by atoms with Crippen LogP contribution in [-0.4, -0.2) is 24.5 Å². The summed E-state index contributed by atoms with van der Waals surface area (Å²) in [7, 11) is 1.64. The monoisotopic (exact) mass is 446 g/mol. The van der Waals surface area contributed by atoms with Crippen LogP contribution in [0.15, 0.2) is 39.1 Å². The summed E-state index contributed by atoms with van der Waals surface area (Å²) in [5.41, 5.74) is 0.480. The fraction of sp³-hybridized carbons (Fsp3) is 0.412. The van der Waals surface area contributed by atoms with Crippen LogP contribution in [0.1, 0.15) is 29.1 Å². The Bertz CT molecular complexity index is 799. The summed E-state index contributed by atoms with van der Waals surface area (Å²) in [6, 6.07) is 8.15. The van der Waals surface area contributed by atoms with Gasteiger partial charge in [0.1, 0.15) is 5.01 Å². The molecule has 1 aromatic heterocycles. The average molecular weight is 447 g/mol. The first kappa shape index (κ1) is 19.2. The maximum absolute atomic E-state index is 12.6. The predicted molar refractivity (Wildman–Crippen MR) is 100 cm³/mol. The van der Waals surface area contributed by atoms with Crippen molar-refractivity contribution < 1.29 is 13.2 Å². The lowest BCUT2D eigenvalue weighted by Gasteiger charge is -2.20. The van der Waals surface area contributed by atoms with Gasteiger partial charge < -0.3 is 10.6 Å². The average Bonchev–Trinajstić information content (AvgIpc) is 3.22. The molecule has 0 unspecified atom stereocenters. The van der Waals surface area contributed by atoms with E-state index in [2.05, 4.69) is 42.6 Å². The van der Waals surface area contributed by atoms with Crippen LogP contribution in [0.3, 0.4) is 0 Å². The molecular weight excluding hydrogens is 429 g/mol. The van der Waals surface area contributed by atoms with E-state index < -0.39 is 11.9 Å². The summed E-state index contributed by atoms with van der Waals surface area (Å²) in [5.74, 6) is 0.548. The van der Waals surface area contributed by atoms with Gasteiger partial charge in [-0.2, -0.15) is 13.2 Å². The van der Waals surface area contributed by atoms with E-state index >= 15 is 0 Å². The highest BCUT2D eigenvalue weighted by Crippen LogP contribution is 2.49. The molecule has 1 saturated carbocycles. The van der Waals surface area contributed by atoms with E-state index in [-0.39, 0.29) is 12.0 Å². The van der Waals surface area contributed by atoms with E-state index in [1.165, 1.54) is 5.56 Å². The number of alkyl halides is 3. The Balaban J connectivity index is 1.56. The molecule has 0 radical (unpaired) electrons. The largest absolute Gasteiger partial charge is 0.434 e. The molecule has 4 nitrogen and oxygen atoms in total. The van der Waals surface area contributed by atoms with Crippen LogP contribution in [0, 0.1) is 0 Å². The Morgan fingerprint density at radius 1 is 1.31 bits per heavy atom. The quantitative estimate of drug-likeness (QED) is 0.530. The maximum Gasteiger partial charge on any atom is 0.434 e. The first-order chi connectivity index (χ1) is 12.3. The van der Waals surface area contributed by atoms with Gasteiger partial charge in [-0.1, -0.05) is 34.1 Å². The molecule has 0 atom stereocenters. The van der Waals surface area contributed by atoms with Crippen molar-refractivity contribution in [3.8, 4) is 0 Å². The highest BCUT2D eigenvalue weighted by molar-refractivity contribution is 9.10. The van der Waals surface area contributed by atoms with Crippen molar-refractivity contribution in [2.75, 3.05) is 13.6 Å². The summed E-state index contributed by atoms with van der Waals surface area (Å²) >= 11 is 4.58. The first-order valence-electron chi connectivity index (χ1n) is 8.05. The molecule has 1 aliphatic rings. The highest BCUT2D eigenvalue weighted by atomic mass is 79.9. The molecule has 0 aliphatic heterocycles. The minimum atomic E-state index is -4.41. The molecule has 9 heteroatoms. The van der Waals surface area contributed by atoms with E-state index in [0.717, 1.165) is 34.0 Å². The molecule has 3 rings (SSSR count). The van der Waals surface area contributed by atoms with E-state index in [0.29, 0.717) is 17.5 Å². The Kier molecular flexibility index (Phi) is 5.57. The fourth-order valence-electron chi connectivity index (χ4n) is 2.74. The second-order valence-electron chi connectivity index (χ2n) is 6.16. The van der Waals surface area contributed by atoms with Gasteiger partial charge in [-0.3, -0.25) is 4.99 Å². The van der Waals surface area contributed by atoms with Crippen LogP contribution >= 0.6 is 27.3 Å². The molecule has 0 amide bonds. The number of aliphatic imine (C=N–C) groups is 1. The van der Waals surface area contributed by atoms with Crippen molar-refractivity contribution in [2.45, 2.75) is 31.0 Å². The number of aromatic nitrogens is 1. The van der Waals surface area contributed by atoms with Gasteiger partial charge in [0.25, 0.3) is 0 Å². The molecule has 2 N–H and O–H groups in total. The summed E-state index contributed by atoms with van der Waals surface area (Å²) in [5, 5.41) is 7.70. The van der Waals surface area contributed by atoms with Gasteiger partial charge in [-0.15, -0.1) is 11.3 Å². The van der Waals surface area contributed by atoms with E-state index in [4.69, 9.17) is 0 Å². The molecule has 1 heterocycles. The zero-order valence-electron chi connectivity index (χ0n) is 14.0. The van der Waals surface area contributed by atoms with Crippen molar-refractivity contribution in [1.29, 1.82) is 0 Å². The summed E-state index contributed by atoms with van der Waals surface area (Å²) in [4.78, 5) is 7.75. The molecule has 1 aliphatic carbocycles. The topological polar surface area (TPSA) is 49.3 Å². The van der Waals surface area contributed by atoms with Crippen molar-refractivity contribution in [3.63, 3.8) is 0 Å². The lowest BCUT2D eigenvalue weighted by atomic mass is 9.96. The third kappa shape index (κ3) is 4.37. The third-order valence-electron chi connectivity index (χ3n) is 4.37. The lowest BCUT2D eigenvalue weighted by Crippen LogP contribution is -2.41. The number of nitrogens with one attached hydrogen (secondary N) is 2. The Labute approximate surface area is 162 Å². The Hall–Kier alpha value is -1.61. The van der Waals surface area contributed by atoms with Crippen molar-refractivity contribution >= 4 is 33.2 Å². The second kappa shape index (κ2) is 7.56. The third-order valence-corrected chi connectivity index (χ3v) is 5.91. The summed E-state index contributed by atoms with van der Waals surface area (Å²) in [6.07, 6.45) is -2.24. The molecule has 140 valence electrons. The van der Waals surface area contributed by atoms with Crippen molar-refractivity contribution in [1.82, 2.24) is 15.6 Å². The number of benzene rings is 1. The Morgan fingerprint density at radius 2 is 2.04 bits per heavy atom. The summed E-state index contributed by atoms with van der Waals surface area (Å²) in [6.45, 7) is 0.906. The molecule has 1 aromatic carbocycles. The summed E-state index contributed by atoms with van der Waals surface area (Å²) < 4.78 is 38.9. The second-order valence-corrected chi connectivity index (χ2v) is 7.96. The number of guanidine groups is 1. The van der Waals surface area contributed by atoms with E-state index in [1.807, 2.05) is 18.2 Å². The van der Waals surface area contributed by atoms with E-state index in [1.54, 1.807) is 7.05 Å². The predicted octanol–water partition coefficient (Wildman–Crippen LogP) is 4.32. The molecule has 1 fully saturated rings. The molecule has 0 spiro atoms. The zero-order chi connectivity index (χ0) is 18.8. The van der Waals surface area contributed by atoms with Gasteiger partial charge in [0.2, 0.25) is 0 Å². The van der Waals surface area contributed by atoms with Crippen LogP contribution in [0.25, 0.3) is 0 Å². The number of hydrogen-bond donors (Lipinski definition) is 2. The minimum absolute atomic E-state index is 0.0718. The van der Waals surface area contributed by atoms with Gasteiger partial charge in [-0.05, 0) is 24.5 Å². The van der Waals surface area contributed by atoms with Gasteiger partial charge >= 0.3 is 6.18 Å². The van der Waals surface area contributed by atoms with Gasteiger partial charge in [0.15, 0.2) is 11.7 Å². The molecule has 26 heavy (non-hydrogen) atoms. The molecular formula is C17H18BrF3N4S. The van der Waals surface area contributed by atoms with Crippen LogP contribution in [0.5, 0.6) is 0 Å². The fourth-order valence-corrected chi connectivity index (χ4v) is 4.18. The van der Waals surface area contributed by atoms with Crippen LogP contribution in [0.4, 0.5) is 13.2 Å². The van der Waals surface area contributed by atoms with E-state index in [9.17, 15) is 13.2 Å². The number of rotatable bonds is 5. The van der Waals surface area contributed by atoms with Crippen LogP contribution in [-0.2, 0) is 18.1 Å². The van der Waals surface area contributed by atoms with Gasteiger partial charge in [0.05, 0.1) is 6.54 Å². The molecule has 0 bridgehead atoms. The standard InChI is InChI=1S/C17H18BrF3N4S/c1-22-15(23-8-14-25-13(9-26-14)17(19,20)21)24-10-16(6-7-16)11-4-2-3-5-12(11)18/h2-5,9H,6-8,10H2,1H3,(H2,22,23,24). The maximum atomic E-state index is 12.6. The SMILES string of the molecule is CN=C(NCc1nc(C(F)(F)F)cs1)NCC1(c2ccccc2Br)CC1. The normalized spacial score (nSPS) is 16.4. The van der Waals surface area contributed by atoms with Crippen molar-refractivity contribution in [3.05, 3.63) is 50.4 Å². The van der Waals surface area contributed by atoms with Gasteiger partial charge in [0, 0.05) is 28.9 Å². The zero-order valence-corrected chi connectivity index (χ0v) is 16.4. The number of halogens is 4. The van der Waals surface area contributed by atoms with Gasteiger partial charge in [-0.25, -0.2) is 4.98 Å². The first-order valence-corrected chi connectivity index (χ1v) is 9.72. The molecule has 2 aromatic rings. The highest BCUT2D eigenvalue weighted by Gasteiger charge is 2.45. The smallest absolute Gasteiger partial charge is 0.356 e. The minimum Gasteiger partial charge on any atom is -0.356 e. The number of nitrogens with zero attached hydrogens (tertiary/aromatic N) is 2. The number of hydrogen-bond acceptors (Lipinski definition) is 3. The van der Waals surface area contributed by atoms with Crippen molar-refractivity contribution in [2.24, 2.45) is 4.99 Å². The lowest BCUT2D eigenvalue weighted by molar-refractivity contribution is -0.140. The number of thiazole rings is 1. The van der Waals surface area contributed by atoms with Crippen LogP contribution in [0.2, 0.25) is 0 Å². The van der Waals surface area contributed by atoms with Crippen LogP contribution < -0.4 is 10.6 Å². The molecule has 0 saturated heterocycles. The Morgan fingerprint density at radius 3 is 2.62 bits per heavy atom.